The summed E-state index contributed by atoms with van der Waals surface area (Å²) in [6, 6.07) is 0.335. The van der Waals surface area contributed by atoms with Gasteiger partial charge in [-0.25, -0.2) is 0 Å². The Morgan fingerprint density at radius 1 is 0.903 bits per heavy atom. The highest BCUT2D eigenvalue weighted by Crippen LogP contribution is 2.72. The maximum absolute atomic E-state index is 12.4. The van der Waals surface area contributed by atoms with E-state index in [0.717, 1.165) is 51.6 Å². The quantitative estimate of drug-likeness (QED) is 0.574. The zero-order chi connectivity index (χ0) is 21.8. The Kier molecular flexibility index (Phi) is 4.62. The Balaban J connectivity index is 1.29. The summed E-state index contributed by atoms with van der Waals surface area (Å²) < 4.78 is 13.3. The number of hydrogen-bond acceptors (Lipinski definition) is 4. The van der Waals surface area contributed by atoms with Crippen LogP contribution in [0.4, 0.5) is 0 Å². The summed E-state index contributed by atoms with van der Waals surface area (Å²) in [6.45, 7) is 10.5. The fourth-order valence-electron chi connectivity index (χ4n) is 10.3. The van der Waals surface area contributed by atoms with E-state index in [4.69, 9.17) is 15.2 Å². The van der Waals surface area contributed by atoms with Crippen LogP contribution in [0.2, 0.25) is 0 Å². The van der Waals surface area contributed by atoms with Gasteiger partial charge in [0.1, 0.15) is 0 Å². The second kappa shape index (κ2) is 6.71. The fourth-order valence-corrected chi connectivity index (χ4v) is 10.3. The average Bonchev–Trinajstić information content (AvgIpc) is 3.17. The molecular weight excluding hydrogens is 386 g/mol. The van der Waals surface area contributed by atoms with Gasteiger partial charge >= 0.3 is 0 Å². The van der Waals surface area contributed by atoms with Crippen molar-refractivity contribution < 1.29 is 14.6 Å². The predicted molar refractivity (Wildman–Crippen MR) is 121 cm³/mol. The van der Waals surface area contributed by atoms with E-state index >= 15 is 0 Å². The van der Waals surface area contributed by atoms with Crippen LogP contribution in [-0.2, 0) is 9.47 Å². The van der Waals surface area contributed by atoms with Crippen molar-refractivity contribution in [3.8, 4) is 0 Å². The van der Waals surface area contributed by atoms with Crippen molar-refractivity contribution in [3.63, 3.8) is 0 Å². The summed E-state index contributed by atoms with van der Waals surface area (Å²) in [5, 5.41) is 12.4. The molecule has 6 rings (SSSR count). The smallest absolute Gasteiger partial charge is 0.171 e. The van der Waals surface area contributed by atoms with Crippen molar-refractivity contribution in [2.75, 3.05) is 6.61 Å². The maximum atomic E-state index is 12.4. The first-order chi connectivity index (χ1) is 14.6. The van der Waals surface area contributed by atoms with Crippen LogP contribution in [0.1, 0.15) is 91.9 Å². The third kappa shape index (κ3) is 2.63. The number of fused-ring (bicyclic) bond motifs is 7. The summed E-state index contributed by atoms with van der Waals surface area (Å²) in [6.07, 6.45) is 11.5. The van der Waals surface area contributed by atoms with Crippen molar-refractivity contribution in [1.29, 1.82) is 0 Å². The van der Waals surface area contributed by atoms with E-state index in [0.29, 0.717) is 47.7 Å². The van der Waals surface area contributed by atoms with E-state index in [9.17, 15) is 5.11 Å². The minimum absolute atomic E-state index is 0.0428. The molecule has 0 bridgehead atoms. The summed E-state index contributed by atoms with van der Waals surface area (Å²) in [7, 11) is 0. The average molecular weight is 432 g/mol. The first kappa shape index (κ1) is 21.4. The molecule has 0 radical (unpaired) electrons. The SMILES string of the molecule is C[C@@H]1CC[C@@]2(OC1)O[C@H]1C[C@H]3[C@@H]4CC[C@H]5C[C@@H](N)CC[C@]5(C)[C@@]4(O)CC[C@]3(C)[C@H]1[C@@H]2C. The lowest BCUT2D eigenvalue weighted by Crippen LogP contribution is -2.66. The molecule has 2 aliphatic heterocycles. The summed E-state index contributed by atoms with van der Waals surface area (Å²) in [4.78, 5) is 0. The number of ether oxygens (including phenoxy) is 2. The Morgan fingerprint density at radius 3 is 2.45 bits per heavy atom. The fraction of sp³-hybridized carbons (Fsp3) is 1.00. The van der Waals surface area contributed by atoms with Crippen LogP contribution in [0.5, 0.6) is 0 Å². The van der Waals surface area contributed by atoms with Crippen LogP contribution in [0, 0.1) is 46.3 Å². The number of aliphatic hydroxyl groups is 1. The lowest BCUT2D eigenvalue weighted by Gasteiger charge is -2.65. The highest BCUT2D eigenvalue weighted by molar-refractivity contribution is 5.20. The molecule has 0 aromatic heterocycles. The standard InChI is InChI=1S/C27H45NO3/c1-16-7-10-27(30-15-16)17(2)23-22(31-27)14-21-20-6-5-18-13-19(28)8-9-25(18,4)26(20,29)12-11-24(21,23)3/h16-23,29H,5-15,28H2,1-4H3/t16-,17+,18+,19+,20+,21+,22+,23+,24+,25+,26-,27-/m1/s1. The molecule has 2 heterocycles. The molecule has 176 valence electrons. The maximum Gasteiger partial charge on any atom is 0.171 e. The van der Waals surface area contributed by atoms with E-state index in [1.54, 1.807) is 0 Å². The molecule has 0 amide bonds. The van der Waals surface area contributed by atoms with Gasteiger partial charge in [0, 0.05) is 18.4 Å². The highest BCUT2D eigenvalue weighted by Gasteiger charge is 2.72. The van der Waals surface area contributed by atoms with Crippen LogP contribution >= 0.6 is 0 Å². The van der Waals surface area contributed by atoms with Gasteiger partial charge in [-0.1, -0.05) is 27.7 Å². The highest BCUT2D eigenvalue weighted by atomic mass is 16.7. The Labute approximate surface area is 189 Å². The molecule has 4 saturated carbocycles. The lowest BCUT2D eigenvalue weighted by molar-refractivity contribution is -0.277. The van der Waals surface area contributed by atoms with Gasteiger partial charge in [0.15, 0.2) is 5.79 Å². The molecule has 1 spiro atoms. The van der Waals surface area contributed by atoms with E-state index < -0.39 is 5.60 Å². The van der Waals surface area contributed by atoms with Crippen molar-refractivity contribution in [2.24, 2.45) is 52.1 Å². The first-order valence-electron chi connectivity index (χ1n) is 13.4. The van der Waals surface area contributed by atoms with Gasteiger partial charge in [-0.05, 0) is 98.2 Å². The van der Waals surface area contributed by atoms with Crippen molar-refractivity contribution >= 4 is 0 Å². The molecule has 12 atom stereocenters. The molecule has 0 aromatic rings. The predicted octanol–water partition coefficient (Wildman–Crippen LogP) is 4.88. The van der Waals surface area contributed by atoms with Crippen LogP contribution in [0.25, 0.3) is 0 Å². The summed E-state index contributed by atoms with van der Waals surface area (Å²) in [5.74, 6) is 2.93. The van der Waals surface area contributed by atoms with E-state index in [1.165, 1.54) is 19.3 Å². The van der Waals surface area contributed by atoms with E-state index in [2.05, 4.69) is 27.7 Å². The van der Waals surface area contributed by atoms with Crippen LogP contribution in [-0.4, -0.2) is 35.2 Å². The van der Waals surface area contributed by atoms with Crippen molar-refractivity contribution in [2.45, 2.75) is 115 Å². The molecular formula is C27H45NO3. The zero-order valence-corrected chi connectivity index (χ0v) is 20.2. The van der Waals surface area contributed by atoms with Crippen molar-refractivity contribution in [3.05, 3.63) is 0 Å². The van der Waals surface area contributed by atoms with Gasteiger partial charge in [0.2, 0.25) is 0 Å². The molecule has 3 N–H and O–H groups in total. The minimum Gasteiger partial charge on any atom is -0.389 e. The van der Waals surface area contributed by atoms with Gasteiger partial charge in [-0.2, -0.15) is 0 Å². The van der Waals surface area contributed by atoms with Gasteiger partial charge in [0.25, 0.3) is 0 Å². The van der Waals surface area contributed by atoms with Gasteiger partial charge in [-0.3, -0.25) is 0 Å². The van der Waals surface area contributed by atoms with E-state index in [1.807, 2.05) is 0 Å². The first-order valence-corrected chi connectivity index (χ1v) is 13.4. The number of nitrogens with two attached hydrogens (primary N) is 1. The largest absolute Gasteiger partial charge is 0.389 e. The molecule has 4 aliphatic carbocycles. The molecule has 4 heteroatoms. The Bertz CT molecular complexity index is 734. The molecule has 2 saturated heterocycles. The van der Waals surface area contributed by atoms with Gasteiger partial charge in [-0.15, -0.1) is 0 Å². The second-order valence-electron chi connectivity index (χ2n) is 13.3. The lowest BCUT2D eigenvalue weighted by atomic mass is 9.42. The third-order valence-electron chi connectivity index (χ3n) is 12.2. The molecule has 6 aliphatic rings. The van der Waals surface area contributed by atoms with Crippen molar-refractivity contribution in [1.82, 2.24) is 0 Å². The van der Waals surface area contributed by atoms with Gasteiger partial charge in [0.05, 0.1) is 18.3 Å². The molecule has 31 heavy (non-hydrogen) atoms. The molecule has 6 fully saturated rings. The molecule has 4 nitrogen and oxygen atoms in total. The van der Waals surface area contributed by atoms with Crippen LogP contribution < -0.4 is 5.73 Å². The Morgan fingerprint density at radius 2 is 1.71 bits per heavy atom. The summed E-state index contributed by atoms with van der Waals surface area (Å²) in [5.41, 5.74) is 6.16. The van der Waals surface area contributed by atoms with Crippen LogP contribution in [0.15, 0.2) is 0 Å². The molecule has 0 aromatic carbocycles. The summed E-state index contributed by atoms with van der Waals surface area (Å²) >= 11 is 0. The zero-order valence-electron chi connectivity index (χ0n) is 20.2. The minimum atomic E-state index is -0.517. The molecule has 0 unspecified atom stereocenters. The number of hydrogen-bond donors (Lipinski definition) is 2. The van der Waals surface area contributed by atoms with Gasteiger partial charge < -0.3 is 20.3 Å². The third-order valence-corrected chi connectivity index (χ3v) is 12.2. The Hall–Kier alpha value is -0.160. The van der Waals surface area contributed by atoms with Crippen LogP contribution in [0.3, 0.4) is 0 Å². The number of rotatable bonds is 0. The topological polar surface area (TPSA) is 64.7 Å². The monoisotopic (exact) mass is 431 g/mol. The van der Waals surface area contributed by atoms with E-state index in [-0.39, 0.29) is 16.6 Å². The normalized spacial score (nSPS) is 63.3. The second-order valence-corrected chi connectivity index (χ2v) is 13.3.